The van der Waals surface area contributed by atoms with Gasteiger partial charge in [0, 0.05) is 43.5 Å². The van der Waals surface area contributed by atoms with Crippen LogP contribution in [-0.4, -0.2) is 65.4 Å². The molecule has 3 aromatic rings. The number of hydrogen-bond donors (Lipinski definition) is 1. The number of carbonyl (C=O) groups excluding carboxylic acids is 2. The van der Waals surface area contributed by atoms with Crippen molar-refractivity contribution >= 4 is 45.1 Å². The number of amides is 2. The van der Waals surface area contributed by atoms with Gasteiger partial charge in [0.2, 0.25) is 5.91 Å². The lowest BCUT2D eigenvalue weighted by Crippen LogP contribution is -2.51. The molecule has 0 bridgehead atoms. The number of rotatable bonds is 7. The van der Waals surface area contributed by atoms with E-state index in [0.717, 1.165) is 15.6 Å². The first-order chi connectivity index (χ1) is 15.5. The Hall–Kier alpha value is -2.42. The summed E-state index contributed by atoms with van der Waals surface area (Å²) >= 11 is 3.44. The van der Waals surface area contributed by atoms with Gasteiger partial charge < -0.3 is 10.2 Å². The monoisotopic (exact) mass is 468 g/mol. The summed E-state index contributed by atoms with van der Waals surface area (Å²) in [4.78, 5) is 33.5. The quantitative estimate of drug-likeness (QED) is 0.533. The third-order valence-corrected chi connectivity index (χ3v) is 7.56. The van der Waals surface area contributed by atoms with E-state index in [1.165, 1.54) is 10.3 Å². The molecule has 1 fully saturated rings. The Morgan fingerprint density at radius 1 is 1.06 bits per heavy atom. The molecule has 1 aliphatic heterocycles. The van der Waals surface area contributed by atoms with Crippen LogP contribution in [0.1, 0.15) is 29.8 Å². The van der Waals surface area contributed by atoms with Crippen LogP contribution in [0.5, 0.6) is 0 Å². The number of para-hydroxylation sites is 1. The van der Waals surface area contributed by atoms with E-state index in [0.29, 0.717) is 38.3 Å². The highest BCUT2D eigenvalue weighted by molar-refractivity contribution is 8.00. The van der Waals surface area contributed by atoms with Crippen LogP contribution in [0.2, 0.25) is 0 Å². The second kappa shape index (κ2) is 10.5. The van der Waals surface area contributed by atoms with Gasteiger partial charge in [0.15, 0.2) is 4.34 Å². The van der Waals surface area contributed by atoms with Crippen molar-refractivity contribution in [1.82, 2.24) is 20.1 Å². The molecule has 0 atom stereocenters. The van der Waals surface area contributed by atoms with E-state index < -0.39 is 0 Å². The number of fused-ring (bicyclic) bond motifs is 1. The van der Waals surface area contributed by atoms with Gasteiger partial charge in [-0.2, -0.15) is 0 Å². The predicted molar refractivity (Wildman–Crippen MR) is 131 cm³/mol. The average molecular weight is 469 g/mol. The van der Waals surface area contributed by atoms with Crippen molar-refractivity contribution < 1.29 is 9.59 Å². The third-order valence-electron chi connectivity index (χ3n) is 5.31. The topological polar surface area (TPSA) is 65.5 Å². The number of benzene rings is 2. The standard InChI is InChI=1S/C24H28N4O2S2/c1-17(2)25-22(29)15-27-11-13-28(14-12-27)23(30)19-9-7-18(8-10-19)16-31-24-26-20-5-3-4-6-21(20)32-24/h3-10,17H,11-16H2,1-2H3,(H,25,29). The Labute approximate surface area is 197 Å². The van der Waals surface area contributed by atoms with Crippen LogP contribution in [0.15, 0.2) is 52.9 Å². The van der Waals surface area contributed by atoms with Crippen LogP contribution in [0.4, 0.5) is 0 Å². The highest BCUT2D eigenvalue weighted by Gasteiger charge is 2.23. The fraction of sp³-hybridized carbons (Fsp3) is 0.375. The van der Waals surface area contributed by atoms with Gasteiger partial charge in [0.25, 0.3) is 5.91 Å². The number of nitrogens with one attached hydrogen (secondary N) is 1. The second-order valence-corrected chi connectivity index (χ2v) is 10.5. The highest BCUT2D eigenvalue weighted by atomic mass is 32.2. The molecule has 32 heavy (non-hydrogen) atoms. The van der Waals surface area contributed by atoms with Crippen LogP contribution in [0, 0.1) is 0 Å². The smallest absolute Gasteiger partial charge is 0.253 e. The van der Waals surface area contributed by atoms with Gasteiger partial charge in [0.05, 0.1) is 16.8 Å². The summed E-state index contributed by atoms with van der Waals surface area (Å²) < 4.78 is 2.27. The van der Waals surface area contributed by atoms with Crippen molar-refractivity contribution in [2.75, 3.05) is 32.7 Å². The third kappa shape index (κ3) is 5.88. The molecule has 0 aliphatic carbocycles. The minimum atomic E-state index is 0.0408. The minimum absolute atomic E-state index is 0.0408. The molecule has 1 N–H and O–H groups in total. The lowest BCUT2D eigenvalue weighted by Gasteiger charge is -2.34. The Kier molecular flexibility index (Phi) is 7.44. The molecule has 0 radical (unpaired) electrons. The van der Waals surface area contributed by atoms with E-state index in [-0.39, 0.29) is 17.9 Å². The summed E-state index contributed by atoms with van der Waals surface area (Å²) in [5.41, 5.74) is 2.93. The zero-order chi connectivity index (χ0) is 22.5. The summed E-state index contributed by atoms with van der Waals surface area (Å²) in [6.07, 6.45) is 0. The van der Waals surface area contributed by atoms with Crippen LogP contribution in [-0.2, 0) is 10.5 Å². The summed E-state index contributed by atoms with van der Waals surface area (Å²) in [5.74, 6) is 0.923. The molecule has 2 aromatic carbocycles. The first-order valence-corrected chi connectivity index (χ1v) is 12.7. The summed E-state index contributed by atoms with van der Waals surface area (Å²) in [5, 5.41) is 2.92. The van der Waals surface area contributed by atoms with Crippen molar-refractivity contribution in [3.05, 3.63) is 59.7 Å². The molecule has 8 heteroatoms. The average Bonchev–Trinajstić information content (AvgIpc) is 3.20. The molecular formula is C24H28N4O2S2. The molecule has 168 valence electrons. The number of piperazine rings is 1. The molecule has 1 saturated heterocycles. The molecule has 1 aromatic heterocycles. The summed E-state index contributed by atoms with van der Waals surface area (Å²) in [7, 11) is 0. The Morgan fingerprint density at radius 3 is 2.47 bits per heavy atom. The van der Waals surface area contributed by atoms with Crippen molar-refractivity contribution in [3.63, 3.8) is 0 Å². The number of aromatic nitrogens is 1. The fourth-order valence-corrected chi connectivity index (χ4v) is 5.69. The number of carbonyl (C=O) groups is 2. The predicted octanol–water partition coefficient (Wildman–Crippen LogP) is 3.87. The van der Waals surface area contributed by atoms with Gasteiger partial charge in [0.1, 0.15) is 0 Å². The molecule has 6 nitrogen and oxygen atoms in total. The Balaban J connectivity index is 1.26. The molecule has 4 rings (SSSR count). The molecule has 0 spiro atoms. The maximum Gasteiger partial charge on any atom is 0.253 e. The largest absolute Gasteiger partial charge is 0.353 e. The van der Waals surface area contributed by atoms with Gasteiger partial charge in [-0.15, -0.1) is 11.3 Å². The van der Waals surface area contributed by atoms with Crippen molar-refractivity contribution in [2.45, 2.75) is 30.0 Å². The van der Waals surface area contributed by atoms with Crippen LogP contribution < -0.4 is 5.32 Å². The molecule has 0 saturated carbocycles. The van der Waals surface area contributed by atoms with Crippen LogP contribution in [0.25, 0.3) is 10.2 Å². The van der Waals surface area contributed by atoms with Crippen LogP contribution in [0.3, 0.4) is 0 Å². The first kappa shape index (κ1) is 22.8. The van der Waals surface area contributed by atoms with Gasteiger partial charge in [-0.3, -0.25) is 14.5 Å². The lowest BCUT2D eigenvalue weighted by atomic mass is 10.1. The van der Waals surface area contributed by atoms with Gasteiger partial charge in [-0.1, -0.05) is 36.0 Å². The molecule has 0 unspecified atom stereocenters. The van der Waals surface area contributed by atoms with Gasteiger partial charge >= 0.3 is 0 Å². The number of hydrogen-bond acceptors (Lipinski definition) is 6. The second-order valence-electron chi connectivity index (χ2n) is 8.22. The Morgan fingerprint density at radius 2 is 1.78 bits per heavy atom. The molecular weight excluding hydrogens is 440 g/mol. The molecule has 2 heterocycles. The number of thioether (sulfide) groups is 1. The SMILES string of the molecule is CC(C)NC(=O)CN1CCN(C(=O)c2ccc(CSc3nc4ccccc4s3)cc2)CC1. The van der Waals surface area contributed by atoms with E-state index in [1.54, 1.807) is 23.1 Å². The zero-order valence-corrected chi connectivity index (χ0v) is 20.0. The first-order valence-electron chi connectivity index (χ1n) is 10.9. The van der Waals surface area contributed by atoms with Crippen molar-refractivity contribution in [1.29, 1.82) is 0 Å². The van der Waals surface area contributed by atoms with Gasteiger partial charge in [-0.05, 0) is 43.7 Å². The molecule has 2 amide bonds. The number of nitrogens with zero attached hydrogens (tertiary/aromatic N) is 3. The maximum atomic E-state index is 12.9. The van der Waals surface area contributed by atoms with E-state index in [1.807, 2.05) is 61.2 Å². The maximum absolute atomic E-state index is 12.9. The summed E-state index contributed by atoms with van der Waals surface area (Å²) in [6, 6.07) is 16.2. The van der Waals surface area contributed by atoms with E-state index in [4.69, 9.17) is 0 Å². The summed E-state index contributed by atoms with van der Waals surface area (Å²) in [6.45, 7) is 7.02. The number of thiazole rings is 1. The minimum Gasteiger partial charge on any atom is -0.353 e. The normalized spacial score (nSPS) is 14.8. The van der Waals surface area contributed by atoms with Crippen molar-refractivity contribution in [2.24, 2.45) is 0 Å². The highest BCUT2D eigenvalue weighted by Crippen LogP contribution is 2.31. The van der Waals surface area contributed by atoms with E-state index in [2.05, 4.69) is 21.3 Å². The van der Waals surface area contributed by atoms with E-state index in [9.17, 15) is 9.59 Å². The van der Waals surface area contributed by atoms with Crippen molar-refractivity contribution in [3.8, 4) is 0 Å². The van der Waals surface area contributed by atoms with E-state index >= 15 is 0 Å². The Bertz CT molecular complexity index is 1040. The van der Waals surface area contributed by atoms with Crippen LogP contribution >= 0.6 is 23.1 Å². The van der Waals surface area contributed by atoms with Gasteiger partial charge in [-0.25, -0.2) is 4.98 Å². The fourth-order valence-electron chi connectivity index (χ4n) is 3.66. The zero-order valence-electron chi connectivity index (χ0n) is 18.4. The lowest BCUT2D eigenvalue weighted by molar-refractivity contribution is -0.123. The molecule has 1 aliphatic rings.